The number of nitrogens with one attached hydrogen (secondary N) is 1. The lowest BCUT2D eigenvalue weighted by Crippen LogP contribution is -1.85. The van der Waals surface area contributed by atoms with Crippen LogP contribution in [0.15, 0.2) is 18.2 Å². The van der Waals surface area contributed by atoms with Crippen LogP contribution in [0.4, 0.5) is 0 Å². The molecule has 0 atom stereocenters. The summed E-state index contributed by atoms with van der Waals surface area (Å²) in [6.45, 7) is 6.38. The Labute approximate surface area is 78.0 Å². The van der Waals surface area contributed by atoms with Crippen molar-refractivity contribution in [1.29, 1.82) is 0 Å². The Morgan fingerprint density at radius 1 is 1.31 bits per heavy atom. The molecule has 0 saturated carbocycles. The highest BCUT2D eigenvalue weighted by Crippen LogP contribution is 2.19. The van der Waals surface area contributed by atoms with Crippen LogP contribution in [-0.2, 0) is 0 Å². The van der Waals surface area contributed by atoms with E-state index >= 15 is 0 Å². The van der Waals surface area contributed by atoms with E-state index in [-0.39, 0.29) is 0 Å². The minimum atomic E-state index is 0.577. The van der Waals surface area contributed by atoms with E-state index in [9.17, 15) is 0 Å². The second-order valence-corrected chi connectivity index (χ2v) is 3.75. The molecule has 0 radical (unpaired) electrons. The van der Waals surface area contributed by atoms with E-state index in [4.69, 9.17) is 0 Å². The third-order valence-electron chi connectivity index (χ3n) is 2.29. The molecule has 0 aliphatic rings. The highest BCUT2D eigenvalue weighted by atomic mass is 14.9. The number of hydrogen-bond acceptors (Lipinski definition) is 1. The van der Waals surface area contributed by atoms with Crippen LogP contribution in [0.1, 0.15) is 31.2 Å². The van der Waals surface area contributed by atoms with Gasteiger partial charge in [0.1, 0.15) is 5.82 Å². The number of aromatic amines is 1. The van der Waals surface area contributed by atoms with Gasteiger partial charge < -0.3 is 4.98 Å². The first-order chi connectivity index (χ1) is 6.16. The summed E-state index contributed by atoms with van der Waals surface area (Å²) in [6, 6.07) is 6.40. The van der Waals surface area contributed by atoms with Crippen molar-refractivity contribution in [3.63, 3.8) is 0 Å². The maximum absolute atomic E-state index is 4.36. The number of imidazole rings is 1. The first-order valence-electron chi connectivity index (χ1n) is 4.63. The topological polar surface area (TPSA) is 28.7 Å². The Balaban J connectivity index is 2.61. The molecule has 0 aliphatic heterocycles. The van der Waals surface area contributed by atoms with Crippen molar-refractivity contribution in [1.82, 2.24) is 9.97 Å². The number of fused-ring (bicyclic) bond motifs is 1. The van der Waals surface area contributed by atoms with Gasteiger partial charge >= 0.3 is 0 Å². The van der Waals surface area contributed by atoms with Crippen molar-refractivity contribution in [2.24, 2.45) is 0 Å². The van der Waals surface area contributed by atoms with Gasteiger partial charge in [0.05, 0.1) is 11.0 Å². The van der Waals surface area contributed by atoms with Gasteiger partial charge in [0.2, 0.25) is 0 Å². The fourth-order valence-electron chi connectivity index (χ4n) is 1.51. The van der Waals surface area contributed by atoms with Crippen molar-refractivity contribution in [3.05, 3.63) is 29.6 Å². The molecule has 2 aromatic rings. The zero-order valence-corrected chi connectivity index (χ0v) is 8.26. The SMILES string of the molecule is Cc1nc2ccc(C(C)C)cc2[nH]1. The first kappa shape index (κ1) is 8.30. The normalized spacial score (nSPS) is 11.4. The highest BCUT2D eigenvalue weighted by Gasteiger charge is 2.02. The lowest BCUT2D eigenvalue weighted by Gasteiger charge is -2.03. The van der Waals surface area contributed by atoms with E-state index in [2.05, 4.69) is 42.0 Å². The van der Waals surface area contributed by atoms with Gasteiger partial charge in [0.25, 0.3) is 0 Å². The fraction of sp³-hybridized carbons (Fsp3) is 0.364. The van der Waals surface area contributed by atoms with E-state index < -0.39 is 0 Å². The molecule has 2 heteroatoms. The van der Waals surface area contributed by atoms with E-state index in [1.54, 1.807) is 0 Å². The third kappa shape index (κ3) is 1.44. The van der Waals surface area contributed by atoms with Crippen molar-refractivity contribution in [2.45, 2.75) is 26.7 Å². The Bertz CT molecular complexity index is 427. The summed E-state index contributed by atoms with van der Waals surface area (Å²) in [6.07, 6.45) is 0. The Morgan fingerprint density at radius 2 is 2.08 bits per heavy atom. The van der Waals surface area contributed by atoms with E-state index in [0.29, 0.717) is 5.92 Å². The van der Waals surface area contributed by atoms with Crippen LogP contribution in [0.2, 0.25) is 0 Å². The van der Waals surface area contributed by atoms with Crippen LogP contribution >= 0.6 is 0 Å². The number of rotatable bonds is 1. The zero-order valence-electron chi connectivity index (χ0n) is 8.26. The number of aryl methyl sites for hydroxylation is 1. The molecule has 1 heterocycles. The molecule has 0 bridgehead atoms. The quantitative estimate of drug-likeness (QED) is 0.707. The summed E-state index contributed by atoms with van der Waals surface area (Å²) in [5.74, 6) is 1.56. The molecule has 2 nitrogen and oxygen atoms in total. The van der Waals surface area contributed by atoms with Gasteiger partial charge in [-0.15, -0.1) is 0 Å². The smallest absolute Gasteiger partial charge is 0.104 e. The molecule has 0 aliphatic carbocycles. The average Bonchev–Trinajstić information content (AvgIpc) is 2.42. The summed E-state index contributed by atoms with van der Waals surface area (Å²) in [7, 11) is 0. The highest BCUT2D eigenvalue weighted by molar-refractivity contribution is 5.75. The number of benzene rings is 1. The van der Waals surface area contributed by atoms with Crippen molar-refractivity contribution in [3.8, 4) is 0 Å². The third-order valence-corrected chi connectivity index (χ3v) is 2.29. The van der Waals surface area contributed by atoms with E-state index in [0.717, 1.165) is 16.9 Å². The van der Waals surface area contributed by atoms with Crippen LogP contribution in [0.25, 0.3) is 11.0 Å². The van der Waals surface area contributed by atoms with Crippen molar-refractivity contribution in [2.75, 3.05) is 0 Å². The second-order valence-electron chi connectivity index (χ2n) is 3.75. The molecule has 0 saturated heterocycles. The predicted octanol–water partition coefficient (Wildman–Crippen LogP) is 2.99. The van der Waals surface area contributed by atoms with Gasteiger partial charge in [-0.1, -0.05) is 19.9 Å². The van der Waals surface area contributed by atoms with Crippen LogP contribution < -0.4 is 0 Å². The van der Waals surface area contributed by atoms with Gasteiger partial charge in [0, 0.05) is 0 Å². The summed E-state index contributed by atoms with van der Waals surface area (Å²) < 4.78 is 0. The van der Waals surface area contributed by atoms with Gasteiger partial charge in [0.15, 0.2) is 0 Å². The molecule has 0 spiro atoms. The van der Waals surface area contributed by atoms with Crippen LogP contribution in [-0.4, -0.2) is 9.97 Å². The molecule has 1 N–H and O–H groups in total. The zero-order chi connectivity index (χ0) is 9.42. The molecule has 0 fully saturated rings. The number of aromatic nitrogens is 2. The second kappa shape index (κ2) is 2.87. The van der Waals surface area contributed by atoms with Crippen molar-refractivity contribution < 1.29 is 0 Å². The summed E-state index contributed by atoms with van der Waals surface area (Å²) in [5, 5.41) is 0. The van der Waals surface area contributed by atoms with Crippen LogP contribution in [0.5, 0.6) is 0 Å². The molecule has 2 rings (SSSR count). The molecular weight excluding hydrogens is 160 g/mol. The number of H-pyrrole nitrogens is 1. The maximum atomic E-state index is 4.36. The predicted molar refractivity (Wildman–Crippen MR) is 54.9 cm³/mol. The number of nitrogens with zero attached hydrogens (tertiary/aromatic N) is 1. The van der Waals surface area contributed by atoms with Crippen LogP contribution in [0.3, 0.4) is 0 Å². The van der Waals surface area contributed by atoms with E-state index in [1.807, 2.05) is 6.92 Å². The summed E-state index contributed by atoms with van der Waals surface area (Å²) in [4.78, 5) is 7.60. The van der Waals surface area contributed by atoms with Crippen molar-refractivity contribution >= 4 is 11.0 Å². The first-order valence-corrected chi connectivity index (χ1v) is 4.63. The summed E-state index contributed by atoms with van der Waals surface area (Å²) >= 11 is 0. The Kier molecular flexibility index (Phi) is 1.83. The standard InChI is InChI=1S/C11H14N2/c1-7(2)9-4-5-10-11(6-9)13-8(3)12-10/h4-7H,1-3H3,(H,12,13). The Hall–Kier alpha value is -1.31. The minimum Gasteiger partial charge on any atom is -0.342 e. The number of hydrogen-bond donors (Lipinski definition) is 1. The molecular formula is C11H14N2. The molecule has 0 amide bonds. The average molecular weight is 174 g/mol. The largest absolute Gasteiger partial charge is 0.342 e. The molecule has 1 aromatic heterocycles. The maximum Gasteiger partial charge on any atom is 0.104 e. The molecule has 0 unspecified atom stereocenters. The van der Waals surface area contributed by atoms with Crippen LogP contribution in [0, 0.1) is 6.92 Å². The van der Waals surface area contributed by atoms with Gasteiger partial charge in [-0.2, -0.15) is 0 Å². The van der Waals surface area contributed by atoms with Gasteiger partial charge in [-0.25, -0.2) is 4.98 Å². The minimum absolute atomic E-state index is 0.577. The lowest BCUT2D eigenvalue weighted by atomic mass is 10.0. The van der Waals surface area contributed by atoms with Gasteiger partial charge in [-0.3, -0.25) is 0 Å². The molecule has 13 heavy (non-hydrogen) atoms. The lowest BCUT2D eigenvalue weighted by molar-refractivity contribution is 0.868. The molecule has 1 aromatic carbocycles. The van der Waals surface area contributed by atoms with E-state index in [1.165, 1.54) is 5.56 Å². The fourth-order valence-corrected chi connectivity index (χ4v) is 1.51. The van der Waals surface area contributed by atoms with Gasteiger partial charge in [-0.05, 0) is 30.5 Å². The summed E-state index contributed by atoms with van der Waals surface area (Å²) in [5.41, 5.74) is 3.56. The monoisotopic (exact) mass is 174 g/mol. The molecule has 68 valence electrons. The Morgan fingerprint density at radius 3 is 2.77 bits per heavy atom.